The molecule has 0 aromatic rings. The Hall–Kier alpha value is -1.19. The Balaban J connectivity index is 3.27. The highest BCUT2D eigenvalue weighted by molar-refractivity contribution is 5.71. The summed E-state index contributed by atoms with van der Waals surface area (Å²) in [5.41, 5.74) is 4.81. The first-order valence-electron chi connectivity index (χ1n) is 2.99. The first-order valence-corrected chi connectivity index (χ1v) is 2.99. The van der Waals surface area contributed by atoms with Crippen LogP contribution in [0.2, 0.25) is 0 Å². The molecular weight excluding hydrogens is 130 g/mol. The first kappa shape index (κ1) is 8.81. The lowest BCUT2D eigenvalue weighted by Crippen LogP contribution is -2.29. The lowest BCUT2D eigenvalue weighted by Gasteiger charge is -2.02. The Labute approximate surface area is 60.7 Å². The van der Waals surface area contributed by atoms with Crippen molar-refractivity contribution >= 4 is 6.03 Å². The average molecular weight is 143 g/mol. The van der Waals surface area contributed by atoms with Gasteiger partial charge in [-0.05, 0) is 12.3 Å². The van der Waals surface area contributed by atoms with Crippen LogP contribution in [-0.2, 0) is 0 Å². The van der Waals surface area contributed by atoms with Gasteiger partial charge in [0.25, 0.3) is 0 Å². The molecule has 0 bridgehead atoms. The van der Waals surface area contributed by atoms with E-state index in [0.29, 0.717) is 6.54 Å². The van der Waals surface area contributed by atoms with Gasteiger partial charge in [0.2, 0.25) is 0 Å². The van der Waals surface area contributed by atoms with Gasteiger partial charge in [0.1, 0.15) is 0 Å². The summed E-state index contributed by atoms with van der Waals surface area (Å²) in [6, 6.07) is -0.497. The number of carbonyl (C=O) groups is 1. The summed E-state index contributed by atoms with van der Waals surface area (Å²) in [5, 5.41) is 2.43. The van der Waals surface area contributed by atoms with E-state index in [4.69, 9.17) is 5.73 Å². The molecule has 4 heteroatoms. The number of hydrogen-bond acceptors (Lipinski definition) is 2. The molecular formula is C6H13N3O. The van der Waals surface area contributed by atoms with Crippen LogP contribution in [0.25, 0.3) is 0 Å². The zero-order valence-corrected chi connectivity index (χ0v) is 6.29. The number of nitrogens with one attached hydrogen (secondary N) is 1. The van der Waals surface area contributed by atoms with Crippen LogP contribution in [0.4, 0.5) is 4.79 Å². The van der Waals surface area contributed by atoms with Gasteiger partial charge in [-0.3, -0.25) is 0 Å². The maximum Gasteiger partial charge on any atom is 0.312 e. The fourth-order valence-electron chi connectivity index (χ4n) is 0.423. The molecule has 0 aromatic carbocycles. The van der Waals surface area contributed by atoms with Crippen LogP contribution in [0.1, 0.15) is 0 Å². The second-order valence-electron chi connectivity index (χ2n) is 2.09. The summed E-state index contributed by atoms with van der Waals surface area (Å²) in [6.07, 6.45) is 3.65. The molecule has 0 aromatic heterocycles. The molecule has 0 aliphatic carbocycles. The molecule has 0 spiro atoms. The van der Waals surface area contributed by atoms with Crippen molar-refractivity contribution < 1.29 is 4.79 Å². The number of amides is 2. The van der Waals surface area contributed by atoms with Crippen LogP contribution < -0.4 is 11.1 Å². The normalized spacial score (nSPS) is 9.80. The van der Waals surface area contributed by atoms with Crippen LogP contribution >= 0.6 is 0 Å². The minimum absolute atomic E-state index is 0.480. The molecule has 0 radical (unpaired) electrons. The van der Waals surface area contributed by atoms with E-state index >= 15 is 0 Å². The van der Waals surface area contributed by atoms with Crippen molar-refractivity contribution in [3.63, 3.8) is 0 Å². The van der Waals surface area contributed by atoms with Gasteiger partial charge in [-0.15, -0.1) is 0 Å². The Morgan fingerprint density at radius 1 is 1.70 bits per heavy atom. The molecule has 0 saturated heterocycles. The van der Waals surface area contributed by atoms with Gasteiger partial charge in [0.05, 0.1) is 0 Å². The monoisotopic (exact) mass is 143 g/mol. The number of primary amides is 1. The van der Waals surface area contributed by atoms with Crippen molar-refractivity contribution in [3.05, 3.63) is 12.3 Å². The van der Waals surface area contributed by atoms with Crippen LogP contribution in [0.3, 0.4) is 0 Å². The fraction of sp³-hybridized carbons (Fsp3) is 0.500. The number of carbonyl (C=O) groups excluding carboxylic acids is 1. The van der Waals surface area contributed by atoms with Gasteiger partial charge < -0.3 is 16.0 Å². The van der Waals surface area contributed by atoms with Gasteiger partial charge in [-0.25, -0.2) is 4.79 Å². The van der Waals surface area contributed by atoms with E-state index < -0.39 is 6.03 Å². The molecule has 0 aliphatic rings. The molecule has 0 unspecified atom stereocenters. The van der Waals surface area contributed by atoms with Crippen LogP contribution in [0.5, 0.6) is 0 Å². The molecule has 0 saturated carbocycles. The summed E-state index contributed by atoms with van der Waals surface area (Å²) in [7, 11) is 3.81. The third-order valence-electron chi connectivity index (χ3n) is 0.798. The standard InChI is InChI=1S/C6H13N3O/c1-9(2)5-3-4-8-6(7)10/h3,5H,4H2,1-2H3,(H3,7,8,10). The van der Waals surface area contributed by atoms with E-state index in [1.54, 1.807) is 0 Å². The Morgan fingerprint density at radius 3 is 2.70 bits per heavy atom. The SMILES string of the molecule is CN(C)C=CCNC(N)=O. The molecule has 2 amide bonds. The molecule has 0 aliphatic heterocycles. The quantitative estimate of drug-likeness (QED) is 0.571. The molecule has 10 heavy (non-hydrogen) atoms. The van der Waals surface area contributed by atoms with Crippen molar-refractivity contribution in [2.24, 2.45) is 5.73 Å². The van der Waals surface area contributed by atoms with E-state index in [1.165, 1.54) is 0 Å². The van der Waals surface area contributed by atoms with Gasteiger partial charge in [-0.2, -0.15) is 0 Å². The zero-order chi connectivity index (χ0) is 7.98. The van der Waals surface area contributed by atoms with Crippen molar-refractivity contribution in [1.82, 2.24) is 10.2 Å². The van der Waals surface area contributed by atoms with Crippen LogP contribution in [-0.4, -0.2) is 31.6 Å². The zero-order valence-electron chi connectivity index (χ0n) is 6.29. The molecule has 0 rings (SSSR count). The number of urea groups is 1. The second-order valence-corrected chi connectivity index (χ2v) is 2.09. The highest BCUT2D eigenvalue weighted by atomic mass is 16.2. The topological polar surface area (TPSA) is 58.4 Å². The third kappa shape index (κ3) is 6.81. The number of hydrogen-bond donors (Lipinski definition) is 2. The van der Waals surface area contributed by atoms with Gasteiger partial charge in [0.15, 0.2) is 0 Å². The van der Waals surface area contributed by atoms with Crippen molar-refractivity contribution in [2.45, 2.75) is 0 Å². The molecule has 0 heterocycles. The second kappa shape index (κ2) is 4.67. The minimum Gasteiger partial charge on any atom is -0.384 e. The van der Waals surface area contributed by atoms with Gasteiger partial charge >= 0.3 is 6.03 Å². The first-order chi connectivity index (χ1) is 4.63. The minimum atomic E-state index is -0.497. The largest absolute Gasteiger partial charge is 0.384 e. The third-order valence-corrected chi connectivity index (χ3v) is 0.798. The van der Waals surface area contributed by atoms with E-state index in [-0.39, 0.29) is 0 Å². The predicted molar refractivity (Wildman–Crippen MR) is 40.4 cm³/mol. The Bertz CT molecular complexity index is 131. The van der Waals surface area contributed by atoms with Gasteiger partial charge in [0, 0.05) is 20.6 Å². The molecule has 3 N–H and O–H groups in total. The van der Waals surface area contributed by atoms with E-state index in [9.17, 15) is 4.79 Å². The highest BCUT2D eigenvalue weighted by Crippen LogP contribution is 1.74. The van der Waals surface area contributed by atoms with Gasteiger partial charge in [-0.1, -0.05) is 0 Å². The smallest absolute Gasteiger partial charge is 0.312 e. The predicted octanol–water partition coefficient (Wildman–Crippen LogP) is -0.270. The highest BCUT2D eigenvalue weighted by Gasteiger charge is 1.84. The average Bonchev–Trinajstić information content (AvgIpc) is 1.79. The summed E-state index contributed by atoms with van der Waals surface area (Å²) in [6.45, 7) is 0.480. The summed E-state index contributed by atoms with van der Waals surface area (Å²) in [5.74, 6) is 0. The lowest BCUT2D eigenvalue weighted by atomic mass is 10.6. The summed E-state index contributed by atoms with van der Waals surface area (Å²) >= 11 is 0. The maximum absolute atomic E-state index is 10.1. The Morgan fingerprint density at radius 2 is 2.30 bits per heavy atom. The number of nitrogens with two attached hydrogens (primary N) is 1. The summed E-state index contributed by atoms with van der Waals surface area (Å²) < 4.78 is 0. The van der Waals surface area contributed by atoms with Crippen molar-refractivity contribution in [3.8, 4) is 0 Å². The summed E-state index contributed by atoms with van der Waals surface area (Å²) in [4.78, 5) is 12.0. The fourth-order valence-corrected chi connectivity index (χ4v) is 0.423. The maximum atomic E-state index is 10.1. The van der Waals surface area contributed by atoms with E-state index in [0.717, 1.165) is 0 Å². The van der Waals surface area contributed by atoms with Crippen LogP contribution in [0, 0.1) is 0 Å². The van der Waals surface area contributed by atoms with Crippen molar-refractivity contribution in [2.75, 3.05) is 20.6 Å². The van der Waals surface area contributed by atoms with E-state index in [1.807, 2.05) is 31.3 Å². The molecule has 4 nitrogen and oxygen atoms in total. The molecule has 0 atom stereocenters. The number of nitrogens with zero attached hydrogens (tertiary/aromatic N) is 1. The van der Waals surface area contributed by atoms with Crippen LogP contribution in [0.15, 0.2) is 12.3 Å². The Kier molecular flexibility index (Phi) is 4.11. The molecule has 58 valence electrons. The van der Waals surface area contributed by atoms with E-state index in [2.05, 4.69) is 5.32 Å². The molecule has 0 fully saturated rings. The lowest BCUT2D eigenvalue weighted by molar-refractivity contribution is 0.250. The number of rotatable bonds is 3. The van der Waals surface area contributed by atoms with Crippen molar-refractivity contribution in [1.29, 1.82) is 0 Å².